The Hall–Kier alpha value is -1.91. The Morgan fingerprint density at radius 3 is 2.25 bits per heavy atom. The molecule has 112 valence electrons. The van der Waals surface area contributed by atoms with Crippen LogP contribution in [-0.2, 0) is 9.53 Å². The summed E-state index contributed by atoms with van der Waals surface area (Å²) in [7, 11) is 0. The quantitative estimate of drug-likeness (QED) is 0.796. The van der Waals surface area contributed by atoms with Crippen LogP contribution in [0.1, 0.15) is 39.4 Å². The molecule has 1 aliphatic heterocycles. The molecule has 0 aliphatic carbocycles. The van der Waals surface area contributed by atoms with E-state index in [9.17, 15) is 4.79 Å². The van der Waals surface area contributed by atoms with E-state index in [4.69, 9.17) is 4.74 Å². The lowest BCUT2D eigenvalue weighted by Crippen LogP contribution is -2.19. The zero-order chi connectivity index (χ0) is 15.2. The van der Waals surface area contributed by atoms with Crippen LogP contribution in [-0.4, -0.2) is 42.3 Å². The average molecular weight is 279 g/mol. The number of hydrogen-bond donors (Lipinski definition) is 0. The maximum Gasteiger partial charge on any atom is 0.209 e. The van der Waals surface area contributed by atoms with Gasteiger partial charge in [-0.3, -0.25) is 14.8 Å². The van der Waals surface area contributed by atoms with E-state index in [-0.39, 0.29) is 6.10 Å². The molecule has 1 unspecified atom stereocenters. The van der Waals surface area contributed by atoms with Gasteiger partial charge in [-0.25, -0.2) is 0 Å². The Balaban J connectivity index is 0.000000352. The lowest BCUT2D eigenvalue weighted by atomic mass is 10.1. The number of carbonyl (C=O) groups is 1. The zero-order valence-electron chi connectivity index (χ0n) is 12.8. The molecule has 0 fully saturated rings. The van der Waals surface area contributed by atoms with Crippen molar-refractivity contribution in [1.82, 2.24) is 9.88 Å². The maximum atomic E-state index is 9.89. The van der Waals surface area contributed by atoms with Crippen LogP contribution in [0.5, 0.6) is 0 Å². The first-order valence-corrected chi connectivity index (χ1v) is 7.04. The van der Waals surface area contributed by atoms with Gasteiger partial charge in [0.2, 0.25) is 6.41 Å². The molecular weight excluding hydrogens is 254 g/mol. The molecule has 1 aromatic rings. The summed E-state index contributed by atoms with van der Waals surface area (Å²) in [4.78, 5) is 19.5. The zero-order valence-corrected chi connectivity index (χ0v) is 12.8. The lowest BCUT2D eigenvalue weighted by molar-refractivity contribution is -0.117. The maximum absolute atomic E-state index is 9.89. The summed E-state index contributed by atoms with van der Waals surface area (Å²) >= 11 is 0. The van der Waals surface area contributed by atoms with Crippen LogP contribution in [0.25, 0.3) is 0 Å². The molecular formula is C15H25N3O2. The fourth-order valence-corrected chi connectivity index (χ4v) is 1.43. The van der Waals surface area contributed by atoms with Gasteiger partial charge in [0, 0.05) is 25.5 Å². The minimum absolute atomic E-state index is 0.109. The average Bonchev–Trinajstić information content (AvgIpc) is 3.07. The van der Waals surface area contributed by atoms with Gasteiger partial charge in [0.1, 0.15) is 6.10 Å². The minimum atomic E-state index is 0.109. The van der Waals surface area contributed by atoms with Gasteiger partial charge >= 0.3 is 0 Å². The van der Waals surface area contributed by atoms with Crippen molar-refractivity contribution in [3.8, 4) is 0 Å². The van der Waals surface area contributed by atoms with Crippen LogP contribution in [0.2, 0.25) is 0 Å². The van der Waals surface area contributed by atoms with Crippen molar-refractivity contribution >= 4 is 12.8 Å². The van der Waals surface area contributed by atoms with Gasteiger partial charge in [0.15, 0.2) is 6.40 Å². The fraction of sp³-hybridized carbons (Fsp3) is 0.533. The standard InChI is InChI=1S/C8H8N2O.C5H11NO.C2H6/c1-3-9-4-2-7(1)8-5-10-6-11-8;1-3-6(4-2)5-7;1-2/h1-4,6,8H,5H2;5H,3-4H2,1-2H3;1-2H3. The molecule has 1 aliphatic rings. The highest BCUT2D eigenvalue weighted by atomic mass is 16.5. The van der Waals surface area contributed by atoms with E-state index in [1.165, 1.54) is 6.40 Å². The predicted molar refractivity (Wildman–Crippen MR) is 81.8 cm³/mol. The molecule has 0 radical (unpaired) electrons. The van der Waals surface area contributed by atoms with Gasteiger partial charge in [0.25, 0.3) is 0 Å². The number of amides is 1. The monoisotopic (exact) mass is 279 g/mol. The molecule has 0 saturated heterocycles. The summed E-state index contributed by atoms with van der Waals surface area (Å²) in [6, 6.07) is 3.89. The van der Waals surface area contributed by atoms with Crippen molar-refractivity contribution in [3.05, 3.63) is 30.1 Å². The van der Waals surface area contributed by atoms with E-state index in [2.05, 4.69) is 9.98 Å². The fourth-order valence-electron chi connectivity index (χ4n) is 1.43. The molecule has 5 nitrogen and oxygen atoms in total. The smallest absolute Gasteiger partial charge is 0.209 e. The molecule has 0 aromatic carbocycles. The molecule has 2 rings (SSSR count). The van der Waals surface area contributed by atoms with E-state index in [1.54, 1.807) is 17.3 Å². The second-order valence-corrected chi connectivity index (χ2v) is 3.70. The number of pyridine rings is 1. The largest absolute Gasteiger partial charge is 0.474 e. The van der Waals surface area contributed by atoms with Gasteiger partial charge in [-0.05, 0) is 31.5 Å². The highest BCUT2D eigenvalue weighted by Crippen LogP contribution is 2.18. The lowest BCUT2D eigenvalue weighted by Gasteiger charge is -2.08. The van der Waals surface area contributed by atoms with Gasteiger partial charge in [-0.15, -0.1) is 0 Å². The number of rotatable bonds is 4. The van der Waals surface area contributed by atoms with Gasteiger partial charge in [-0.1, -0.05) is 13.8 Å². The summed E-state index contributed by atoms with van der Waals surface area (Å²) in [6.45, 7) is 10.3. The normalized spacial score (nSPS) is 15.1. The number of ether oxygens (including phenoxy) is 1. The van der Waals surface area contributed by atoms with Crippen molar-refractivity contribution in [1.29, 1.82) is 0 Å². The highest BCUT2D eigenvalue weighted by molar-refractivity contribution is 5.49. The first kappa shape index (κ1) is 18.1. The molecule has 0 spiro atoms. The first-order valence-electron chi connectivity index (χ1n) is 7.04. The van der Waals surface area contributed by atoms with E-state index in [0.29, 0.717) is 0 Å². The van der Waals surface area contributed by atoms with Crippen LogP contribution in [0, 0.1) is 0 Å². The van der Waals surface area contributed by atoms with Crippen LogP contribution in [0.15, 0.2) is 29.5 Å². The van der Waals surface area contributed by atoms with Crippen LogP contribution in [0.3, 0.4) is 0 Å². The third-order valence-corrected chi connectivity index (χ3v) is 2.61. The third-order valence-electron chi connectivity index (χ3n) is 2.61. The molecule has 0 saturated carbocycles. The van der Waals surface area contributed by atoms with Crippen LogP contribution < -0.4 is 0 Å². The minimum Gasteiger partial charge on any atom is -0.474 e. The first-order chi connectivity index (χ1) is 9.81. The Bertz CT molecular complexity index is 357. The Labute approximate surface area is 121 Å². The number of hydrogen-bond acceptors (Lipinski definition) is 4. The molecule has 20 heavy (non-hydrogen) atoms. The van der Waals surface area contributed by atoms with Gasteiger partial charge < -0.3 is 9.64 Å². The van der Waals surface area contributed by atoms with Crippen molar-refractivity contribution in [2.45, 2.75) is 33.8 Å². The van der Waals surface area contributed by atoms with Crippen molar-refractivity contribution in [2.24, 2.45) is 4.99 Å². The second kappa shape index (κ2) is 12.1. The van der Waals surface area contributed by atoms with Crippen molar-refractivity contribution < 1.29 is 9.53 Å². The van der Waals surface area contributed by atoms with Crippen LogP contribution in [0.4, 0.5) is 0 Å². The summed E-state index contributed by atoms with van der Waals surface area (Å²) in [5, 5.41) is 0. The predicted octanol–water partition coefficient (Wildman–Crippen LogP) is 2.69. The SMILES string of the molecule is C1=NCC(c2ccncc2)O1.CC.CCN(C=O)CC. The summed E-state index contributed by atoms with van der Waals surface area (Å²) in [5.74, 6) is 0. The molecule has 1 atom stereocenters. The molecule has 2 heterocycles. The Morgan fingerprint density at radius 2 is 1.90 bits per heavy atom. The topological polar surface area (TPSA) is 54.8 Å². The third kappa shape index (κ3) is 6.87. The van der Waals surface area contributed by atoms with E-state index < -0.39 is 0 Å². The van der Waals surface area contributed by atoms with Gasteiger partial charge in [0.05, 0.1) is 6.54 Å². The summed E-state index contributed by atoms with van der Waals surface area (Å²) in [6.07, 6.45) is 6.00. The van der Waals surface area contributed by atoms with Crippen LogP contribution >= 0.6 is 0 Å². The summed E-state index contributed by atoms with van der Waals surface area (Å²) in [5.41, 5.74) is 1.14. The molecule has 0 bridgehead atoms. The van der Waals surface area contributed by atoms with Crippen molar-refractivity contribution in [3.63, 3.8) is 0 Å². The van der Waals surface area contributed by atoms with Crippen molar-refractivity contribution in [2.75, 3.05) is 19.6 Å². The number of carbonyl (C=O) groups excluding carboxylic acids is 1. The van der Waals surface area contributed by atoms with E-state index in [0.717, 1.165) is 31.6 Å². The molecule has 5 heteroatoms. The van der Waals surface area contributed by atoms with Gasteiger partial charge in [-0.2, -0.15) is 0 Å². The number of aromatic nitrogens is 1. The number of nitrogens with zero attached hydrogens (tertiary/aromatic N) is 3. The Kier molecular flexibility index (Phi) is 11.0. The van der Waals surface area contributed by atoms with E-state index >= 15 is 0 Å². The molecule has 1 aromatic heterocycles. The summed E-state index contributed by atoms with van der Waals surface area (Å²) < 4.78 is 5.22. The number of aliphatic imine (C=N–C) groups is 1. The molecule has 0 N–H and O–H groups in total. The highest BCUT2D eigenvalue weighted by Gasteiger charge is 2.13. The second-order valence-electron chi connectivity index (χ2n) is 3.70. The molecule has 1 amide bonds. The van der Waals surface area contributed by atoms with E-state index in [1.807, 2.05) is 39.8 Å². The Morgan fingerprint density at radius 1 is 1.30 bits per heavy atom.